The largest absolute Gasteiger partial charge is 0.496 e. The van der Waals surface area contributed by atoms with E-state index in [1.165, 1.54) is 16.7 Å². The Morgan fingerprint density at radius 1 is 1.00 bits per heavy atom. The molecule has 0 aromatic heterocycles. The van der Waals surface area contributed by atoms with Crippen LogP contribution in [0.25, 0.3) is 11.1 Å². The Bertz CT molecular complexity index is 638. The zero-order chi connectivity index (χ0) is 13.8. The van der Waals surface area contributed by atoms with Gasteiger partial charge in [-0.25, -0.2) is 0 Å². The Hall–Kier alpha value is -2.27. The van der Waals surface area contributed by atoms with Crippen LogP contribution in [0.4, 0.5) is 0 Å². The van der Waals surface area contributed by atoms with Crippen molar-refractivity contribution < 1.29 is 4.74 Å². The molecule has 0 N–H and O–H groups in total. The van der Waals surface area contributed by atoms with Crippen LogP contribution in [-0.4, -0.2) is 7.11 Å². The predicted octanol–water partition coefficient (Wildman–Crippen LogP) is 4.05. The van der Waals surface area contributed by atoms with Gasteiger partial charge in [-0.1, -0.05) is 30.3 Å². The molecule has 0 saturated heterocycles. The van der Waals surface area contributed by atoms with E-state index in [-0.39, 0.29) is 0 Å². The minimum Gasteiger partial charge on any atom is -0.496 e. The molecule has 0 aliphatic rings. The second-order valence-electron chi connectivity index (χ2n) is 4.66. The van der Waals surface area contributed by atoms with Crippen LogP contribution in [0, 0.1) is 25.2 Å². The van der Waals surface area contributed by atoms with Crippen molar-refractivity contribution in [3.05, 3.63) is 53.1 Å². The van der Waals surface area contributed by atoms with Crippen LogP contribution >= 0.6 is 0 Å². The average molecular weight is 251 g/mol. The van der Waals surface area contributed by atoms with Crippen LogP contribution in [0.2, 0.25) is 0 Å². The van der Waals surface area contributed by atoms with Gasteiger partial charge in [0.2, 0.25) is 0 Å². The van der Waals surface area contributed by atoms with Crippen molar-refractivity contribution in [2.75, 3.05) is 7.11 Å². The van der Waals surface area contributed by atoms with Crippen LogP contribution in [0.5, 0.6) is 5.75 Å². The maximum absolute atomic E-state index is 8.79. The molecular formula is C17H17NO. The van der Waals surface area contributed by atoms with E-state index >= 15 is 0 Å². The molecule has 19 heavy (non-hydrogen) atoms. The van der Waals surface area contributed by atoms with Crippen LogP contribution in [0.1, 0.15) is 16.7 Å². The van der Waals surface area contributed by atoms with E-state index in [2.05, 4.69) is 38.1 Å². The van der Waals surface area contributed by atoms with Gasteiger partial charge in [0.25, 0.3) is 0 Å². The molecule has 0 unspecified atom stereocenters. The van der Waals surface area contributed by atoms with Gasteiger partial charge >= 0.3 is 0 Å². The molecule has 0 saturated carbocycles. The predicted molar refractivity (Wildman–Crippen MR) is 77.2 cm³/mol. The maximum Gasteiger partial charge on any atom is 0.123 e. The lowest BCUT2D eigenvalue weighted by Crippen LogP contribution is -1.92. The minimum absolute atomic E-state index is 0.371. The SMILES string of the molecule is COc1cc(-c2ccc(C)c(C)c2)ccc1CC#N. The lowest BCUT2D eigenvalue weighted by atomic mass is 9.98. The summed E-state index contributed by atoms with van der Waals surface area (Å²) >= 11 is 0. The molecule has 2 rings (SSSR count). The fourth-order valence-corrected chi connectivity index (χ4v) is 2.08. The van der Waals surface area contributed by atoms with Crippen molar-refractivity contribution >= 4 is 0 Å². The van der Waals surface area contributed by atoms with Crippen molar-refractivity contribution in [3.8, 4) is 22.9 Å². The highest BCUT2D eigenvalue weighted by Gasteiger charge is 2.06. The Labute approximate surface area is 114 Å². The number of nitriles is 1. The van der Waals surface area contributed by atoms with E-state index in [9.17, 15) is 0 Å². The molecule has 0 aliphatic heterocycles. The Morgan fingerprint density at radius 2 is 1.68 bits per heavy atom. The fraction of sp³-hybridized carbons (Fsp3) is 0.235. The molecule has 0 radical (unpaired) electrons. The molecule has 0 fully saturated rings. The molecule has 2 heteroatoms. The highest BCUT2D eigenvalue weighted by Crippen LogP contribution is 2.28. The number of rotatable bonds is 3. The van der Waals surface area contributed by atoms with Gasteiger partial charge in [-0.15, -0.1) is 0 Å². The topological polar surface area (TPSA) is 33.0 Å². The first-order valence-electron chi connectivity index (χ1n) is 6.27. The van der Waals surface area contributed by atoms with Gasteiger partial charge in [-0.05, 0) is 42.2 Å². The average Bonchev–Trinajstić information content (AvgIpc) is 2.42. The van der Waals surface area contributed by atoms with E-state index in [0.717, 1.165) is 16.9 Å². The van der Waals surface area contributed by atoms with E-state index in [1.807, 2.05) is 18.2 Å². The van der Waals surface area contributed by atoms with Crippen molar-refractivity contribution in [2.24, 2.45) is 0 Å². The molecule has 0 atom stereocenters. The van der Waals surface area contributed by atoms with Gasteiger partial charge in [0.05, 0.1) is 19.6 Å². The summed E-state index contributed by atoms with van der Waals surface area (Å²) in [5.41, 5.74) is 5.78. The molecule has 0 bridgehead atoms. The number of aryl methyl sites for hydroxylation is 2. The number of ether oxygens (including phenoxy) is 1. The first-order chi connectivity index (χ1) is 9.15. The third-order valence-corrected chi connectivity index (χ3v) is 3.40. The summed E-state index contributed by atoms with van der Waals surface area (Å²) in [5.74, 6) is 0.775. The Kier molecular flexibility index (Phi) is 3.87. The molecule has 0 aliphatic carbocycles. The third-order valence-electron chi connectivity index (χ3n) is 3.40. The highest BCUT2D eigenvalue weighted by atomic mass is 16.5. The number of hydrogen-bond acceptors (Lipinski definition) is 2. The Balaban J connectivity index is 2.45. The van der Waals surface area contributed by atoms with E-state index < -0.39 is 0 Å². The Morgan fingerprint density at radius 3 is 2.32 bits per heavy atom. The molecular weight excluding hydrogens is 234 g/mol. The maximum atomic E-state index is 8.79. The fourth-order valence-electron chi connectivity index (χ4n) is 2.08. The van der Waals surface area contributed by atoms with Gasteiger partial charge in [0, 0.05) is 5.56 Å². The third kappa shape index (κ3) is 2.77. The first-order valence-corrected chi connectivity index (χ1v) is 6.27. The summed E-state index contributed by atoms with van der Waals surface area (Å²) in [6.07, 6.45) is 0.371. The second kappa shape index (κ2) is 5.58. The zero-order valence-corrected chi connectivity index (χ0v) is 11.5. The van der Waals surface area contributed by atoms with E-state index in [0.29, 0.717) is 6.42 Å². The summed E-state index contributed by atoms with van der Waals surface area (Å²) in [6, 6.07) is 14.6. The van der Waals surface area contributed by atoms with Crippen molar-refractivity contribution in [2.45, 2.75) is 20.3 Å². The second-order valence-corrected chi connectivity index (χ2v) is 4.66. The zero-order valence-electron chi connectivity index (χ0n) is 11.5. The smallest absolute Gasteiger partial charge is 0.123 e. The number of methoxy groups -OCH3 is 1. The first kappa shape index (κ1) is 13.2. The summed E-state index contributed by atoms with van der Waals surface area (Å²) in [6.45, 7) is 4.22. The van der Waals surface area contributed by atoms with Crippen molar-refractivity contribution in [1.29, 1.82) is 5.26 Å². The number of hydrogen-bond donors (Lipinski definition) is 0. The number of nitrogens with zero attached hydrogens (tertiary/aromatic N) is 1. The highest BCUT2D eigenvalue weighted by molar-refractivity contribution is 5.67. The van der Waals surface area contributed by atoms with E-state index in [4.69, 9.17) is 10.00 Å². The molecule has 0 amide bonds. The van der Waals surface area contributed by atoms with Crippen LogP contribution in [0.15, 0.2) is 36.4 Å². The normalized spacial score (nSPS) is 10.0. The van der Waals surface area contributed by atoms with Gasteiger partial charge in [0.15, 0.2) is 0 Å². The lowest BCUT2D eigenvalue weighted by Gasteiger charge is -2.10. The molecule has 2 aromatic rings. The van der Waals surface area contributed by atoms with Crippen LogP contribution in [-0.2, 0) is 6.42 Å². The summed E-state index contributed by atoms with van der Waals surface area (Å²) in [5, 5.41) is 8.79. The van der Waals surface area contributed by atoms with E-state index in [1.54, 1.807) is 7.11 Å². The van der Waals surface area contributed by atoms with Crippen molar-refractivity contribution in [3.63, 3.8) is 0 Å². The van der Waals surface area contributed by atoms with Gasteiger partial charge in [0.1, 0.15) is 5.75 Å². The summed E-state index contributed by atoms with van der Waals surface area (Å²) in [4.78, 5) is 0. The molecule has 2 aromatic carbocycles. The monoisotopic (exact) mass is 251 g/mol. The summed E-state index contributed by atoms with van der Waals surface area (Å²) in [7, 11) is 1.64. The quantitative estimate of drug-likeness (QED) is 0.824. The molecule has 0 heterocycles. The minimum atomic E-state index is 0.371. The van der Waals surface area contributed by atoms with Gasteiger partial charge in [-0.3, -0.25) is 0 Å². The lowest BCUT2D eigenvalue weighted by molar-refractivity contribution is 0.411. The van der Waals surface area contributed by atoms with Gasteiger partial charge in [-0.2, -0.15) is 5.26 Å². The van der Waals surface area contributed by atoms with Crippen LogP contribution < -0.4 is 4.74 Å². The van der Waals surface area contributed by atoms with Gasteiger partial charge < -0.3 is 4.74 Å². The summed E-state index contributed by atoms with van der Waals surface area (Å²) < 4.78 is 5.36. The molecule has 2 nitrogen and oxygen atoms in total. The standard InChI is InChI=1S/C17H17NO/c1-12-4-5-15(10-13(12)2)16-7-6-14(8-9-18)17(11-16)19-3/h4-7,10-11H,8H2,1-3H3. The van der Waals surface area contributed by atoms with Crippen molar-refractivity contribution in [1.82, 2.24) is 0 Å². The molecule has 96 valence electrons. The van der Waals surface area contributed by atoms with Crippen LogP contribution in [0.3, 0.4) is 0 Å². The molecule has 0 spiro atoms. The number of benzene rings is 2.